The van der Waals surface area contributed by atoms with Gasteiger partial charge in [-0.15, -0.1) is 0 Å². The predicted octanol–water partition coefficient (Wildman–Crippen LogP) is -0.688. The summed E-state index contributed by atoms with van der Waals surface area (Å²) in [6.45, 7) is 0. The first kappa shape index (κ1) is 16.7. The molecular weight excluding hydrogens is 319 g/mol. The van der Waals surface area contributed by atoms with Gasteiger partial charge in [0.15, 0.2) is 0 Å². The van der Waals surface area contributed by atoms with E-state index in [9.17, 15) is 23.2 Å². The third kappa shape index (κ3) is 2.95. The molecular formula is C14H9KO5S. The third-order valence-corrected chi connectivity index (χ3v) is 4.04. The summed E-state index contributed by atoms with van der Waals surface area (Å²) in [4.78, 5) is -0.821. The Bertz CT molecular complexity index is 950. The average molecular weight is 328 g/mol. The molecule has 3 aromatic rings. The van der Waals surface area contributed by atoms with Gasteiger partial charge in [0.1, 0.15) is 26.5 Å². The van der Waals surface area contributed by atoms with Crippen molar-refractivity contribution in [2.45, 2.75) is 4.90 Å². The molecule has 0 spiro atoms. The zero-order valence-electron chi connectivity index (χ0n) is 11.1. The molecule has 0 aromatic heterocycles. The number of phenols is 2. The minimum absolute atomic E-state index is 0. The second-order valence-electron chi connectivity index (χ2n) is 4.44. The number of phenolic OH excluding ortho intramolecular Hbond substituents is 2. The molecule has 3 aromatic carbocycles. The predicted molar refractivity (Wildman–Crippen MR) is 72.7 cm³/mol. The summed E-state index contributed by atoms with van der Waals surface area (Å²) >= 11 is 0. The zero-order valence-corrected chi connectivity index (χ0v) is 15.0. The van der Waals surface area contributed by atoms with Gasteiger partial charge in [-0.25, -0.2) is 8.42 Å². The molecule has 7 heteroatoms. The maximum absolute atomic E-state index is 11.1. The molecule has 0 aliphatic rings. The van der Waals surface area contributed by atoms with Crippen LogP contribution in [0.3, 0.4) is 0 Å². The van der Waals surface area contributed by atoms with Crippen molar-refractivity contribution in [2.75, 3.05) is 0 Å². The molecule has 0 fully saturated rings. The maximum Gasteiger partial charge on any atom is 1.00 e. The van der Waals surface area contributed by atoms with Crippen molar-refractivity contribution in [3.63, 3.8) is 0 Å². The number of aromatic hydroxyl groups is 2. The SMILES string of the molecule is O=S(=O)([O-])c1cc(O)c2cc3ccccc3cc2c1O.[K+]. The fourth-order valence-corrected chi connectivity index (χ4v) is 2.84. The summed E-state index contributed by atoms with van der Waals surface area (Å²) < 4.78 is 33.3. The van der Waals surface area contributed by atoms with E-state index in [0.717, 1.165) is 16.8 Å². The Morgan fingerprint density at radius 3 is 1.95 bits per heavy atom. The Balaban J connectivity index is 0.00000161. The number of fused-ring (bicyclic) bond motifs is 2. The number of benzene rings is 3. The molecule has 0 saturated heterocycles. The Labute approximate surface area is 163 Å². The zero-order chi connectivity index (χ0) is 14.5. The molecule has 2 N–H and O–H groups in total. The first-order valence-electron chi connectivity index (χ1n) is 5.71. The summed E-state index contributed by atoms with van der Waals surface area (Å²) in [5.41, 5.74) is 0. The minimum Gasteiger partial charge on any atom is -0.744 e. The molecule has 0 heterocycles. The van der Waals surface area contributed by atoms with Crippen LogP contribution in [0.2, 0.25) is 0 Å². The quantitative estimate of drug-likeness (QED) is 0.267. The van der Waals surface area contributed by atoms with E-state index in [-0.39, 0.29) is 67.9 Å². The summed E-state index contributed by atoms with van der Waals surface area (Å²) in [7, 11) is -4.86. The van der Waals surface area contributed by atoms with E-state index in [4.69, 9.17) is 0 Å². The molecule has 0 aliphatic carbocycles. The Morgan fingerprint density at radius 2 is 1.43 bits per heavy atom. The van der Waals surface area contributed by atoms with Crippen molar-refractivity contribution < 1.29 is 74.6 Å². The molecule has 21 heavy (non-hydrogen) atoms. The van der Waals surface area contributed by atoms with E-state index >= 15 is 0 Å². The van der Waals surface area contributed by atoms with Crippen LogP contribution in [0.15, 0.2) is 47.4 Å². The normalized spacial score (nSPS) is 11.5. The van der Waals surface area contributed by atoms with Crippen molar-refractivity contribution in [3.05, 3.63) is 42.5 Å². The molecule has 5 nitrogen and oxygen atoms in total. The topological polar surface area (TPSA) is 97.7 Å². The smallest absolute Gasteiger partial charge is 0.744 e. The van der Waals surface area contributed by atoms with Crippen LogP contribution >= 0.6 is 0 Å². The van der Waals surface area contributed by atoms with Crippen LogP contribution < -0.4 is 51.4 Å². The summed E-state index contributed by atoms with van der Waals surface area (Å²) in [6, 6.07) is 11.2. The second-order valence-corrected chi connectivity index (χ2v) is 5.79. The average Bonchev–Trinajstić information content (AvgIpc) is 2.40. The standard InChI is InChI=1S/C14H10O5S.K/c15-12-7-13(20(17,18)19)14(16)11-6-9-4-2-1-3-8(9)5-10(11)12;/h1-7,15-16H,(H,17,18,19);/q;+1/p-1. The summed E-state index contributed by atoms with van der Waals surface area (Å²) in [5, 5.41) is 21.9. The molecule has 0 atom stereocenters. The summed E-state index contributed by atoms with van der Waals surface area (Å²) in [6.07, 6.45) is 0. The molecule has 0 saturated carbocycles. The third-order valence-electron chi connectivity index (χ3n) is 3.19. The molecule has 0 amide bonds. The minimum atomic E-state index is -4.86. The van der Waals surface area contributed by atoms with Crippen molar-refractivity contribution >= 4 is 31.7 Å². The van der Waals surface area contributed by atoms with Crippen molar-refractivity contribution in [3.8, 4) is 11.5 Å². The van der Waals surface area contributed by atoms with E-state index < -0.39 is 20.8 Å². The monoisotopic (exact) mass is 328 g/mol. The first-order chi connectivity index (χ1) is 9.38. The van der Waals surface area contributed by atoms with Crippen LogP contribution in [-0.2, 0) is 10.1 Å². The van der Waals surface area contributed by atoms with E-state index in [1.165, 1.54) is 6.07 Å². The fourth-order valence-electron chi connectivity index (χ4n) is 2.24. The van der Waals surface area contributed by atoms with Crippen LogP contribution in [0.25, 0.3) is 21.5 Å². The molecule has 0 bridgehead atoms. The van der Waals surface area contributed by atoms with Gasteiger partial charge in [-0.05, 0) is 22.9 Å². The van der Waals surface area contributed by atoms with Gasteiger partial charge >= 0.3 is 51.4 Å². The van der Waals surface area contributed by atoms with Crippen molar-refractivity contribution in [1.82, 2.24) is 0 Å². The van der Waals surface area contributed by atoms with Crippen molar-refractivity contribution in [1.29, 1.82) is 0 Å². The van der Waals surface area contributed by atoms with Gasteiger partial charge in [-0.3, -0.25) is 0 Å². The number of hydrogen-bond acceptors (Lipinski definition) is 5. The van der Waals surface area contributed by atoms with Gasteiger partial charge in [0, 0.05) is 16.8 Å². The van der Waals surface area contributed by atoms with Crippen molar-refractivity contribution in [2.24, 2.45) is 0 Å². The molecule has 0 aliphatic heterocycles. The fraction of sp³-hybridized carbons (Fsp3) is 0. The van der Waals surface area contributed by atoms with Gasteiger partial charge < -0.3 is 14.8 Å². The van der Waals surface area contributed by atoms with Gasteiger partial charge in [-0.1, -0.05) is 24.3 Å². The van der Waals surface area contributed by atoms with Crippen LogP contribution in [0.5, 0.6) is 11.5 Å². The second kappa shape index (κ2) is 5.84. The van der Waals surface area contributed by atoms with Crippen LogP contribution in [0.4, 0.5) is 0 Å². The number of rotatable bonds is 1. The van der Waals surface area contributed by atoms with Gasteiger partial charge in [0.2, 0.25) is 0 Å². The van der Waals surface area contributed by atoms with E-state index in [1.54, 1.807) is 18.2 Å². The van der Waals surface area contributed by atoms with E-state index in [2.05, 4.69) is 0 Å². The first-order valence-corrected chi connectivity index (χ1v) is 7.12. The molecule has 0 unspecified atom stereocenters. The van der Waals surface area contributed by atoms with Gasteiger partial charge in [-0.2, -0.15) is 0 Å². The summed E-state index contributed by atoms with van der Waals surface area (Å²) in [5.74, 6) is -1.00. The van der Waals surface area contributed by atoms with Crippen LogP contribution in [-0.4, -0.2) is 23.2 Å². The van der Waals surface area contributed by atoms with Gasteiger partial charge in [0.05, 0.1) is 0 Å². The Kier molecular flexibility index (Phi) is 4.65. The number of hydrogen-bond donors (Lipinski definition) is 2. The molecule has 3 rings (SSSR count). The Morgan fingerprint density at radius 1 is 0.905 bits per heavy atom. The maximum atomic E-state index is 11.1. The van der Waals surface area contributed by atoms with E-state index in [0.29, 0.717) is 0 Å². The molecule has 102 valence electrons. The van der Waals surface area contributed by atoms with E-state index in [1.807, 2.05) is 12.1 Å². The largest absolute Gasteiger partial charge is 1.00 e. The van der Waals surface area contributed by atoms with Gasteiger partial charge in [0.25, 0.3) is 0 Å². The van der Waals surface area contributed by atoms with Crippen LogP contribution in [0.1, 0.15) is 0 Å². The molecule has 0 radical (unpaired) electrons. The van der Waals surface area contributed by atoms with Crippen LogP contribution in [0, 0.1) is 0 Å². The Hall–Kier alpha value is -0.674.